The Kier molecular flexibility index (Phi) is 15.5. The number of benzene rings is 6. The lowest BCUT2D eigenvalue weighted by molar-refractivity contribution is 0.0975. The molecule has 0 saturated carbocycles. The molecule has 18 heteroatoms. The molecule has 0 unspecified atom stereocenters. The number of Topliss-reactive ketones (excluding diaryl/α,β-unsaturated/α-hetero) is 2. The van der Waals surface area contributed by atoms with E-state index in [2.05, 4.69) is 0 Å². The average Bonchev–Trinajstić information content (AvgIpc) is 3.33. The van der Waals surface area contributed by atoms with Gasteiger partial charge in [0.25, 0.3) is 0 Å². The summed E-state index contributed by atoms with van der Waals surface area (Å²) in [6.07, 6.45) is 0. The maximum Gasteiger partial charge on any atom is 0.530 e. The molecule has 0 bridgehead atoms. The van der Waals surface area contributed by atoms with Crippen molar-refractivity contribution in [3.05, 3.63) is 143 Å². The maximum absolute atomic E-state index is 15.1. The Morgan fingerprint density at radius 3 is 1.10 bits per heavy atom. The highest BCUT2D eigenvalue weighted by Crippen LogP contribution is 2.52. The molecule has 0 heterocycles. The van der Waals surface area contributed by atoms with Gasteiger partial charge in [-0.1, -0.05) is 24.3 Å². The van der Waals surface area contributed by atoms with Crippen molar-refractivity contribution in [2.45, 2.75) is 27.7 Å². The Labute approximate surface area is 394 Å². The minimum Gasteiger partial charge on any atom is -0.497 e. The van der Waals surface area contributed by atoms with E-state index in [1.54, 1.807) is 54.6 Å². The van der Waals surface area contributed by atoms with E-state index < -0.39 is 28.8 Å². The molecule has 0 fully saturated rings. The minimum absolute atomic E-state index is 0.00829. The molecule has 0 amide bonds. The van der Waals surface area contributed by atoms with Gasteiger partial charge < -0.3 is 55.6 Å². The van der Waals surface area contributed by atoms with Gasteiger partial charge in [-0.05, 0) is 88.4 Å². The second kappa shape index (κ2) is 21.8. The van der Waals surface area contributed by atoms with Gasteiger partial charge in [-0.3, -0.25) is 19.2 Å². The fraction of sp³-hybridized carbons (Fsp3) is 0.200. The van der Waals surface area contributed by atoms with E-state index in [9.17, 15) is 14.4 Å². The lowest BCUT2D eigenvalue weighted by Gasteiger charge is -2.25. The van der Waals surface area contributed by atoms with Crippen LogP contribution >= 0.6 is 17.2 Å². The van der Waals surface area contributed by atoms with E-state index in [4.69, 9.17) is 55.6 Å². The van der Waals surface area contributed by atoms with Crippen LogP contribution in [0.25, 0.3) is 0 Å². The first-order valence-electron chi connectivity index (χ1n) is 20.9. The summed E-state index contributed by atoms with van der Waals surface area (Å²) in [6, 6.07) is 28.1. The van der Waals surface area contributed by atoms with Gasteiger partial charge in [0.05, 0.1) is 63.9 Å². The highest BCUT2D eigenvalue weighted by molar-refractivity contribution is 7.43. The normalized spacial score (nSPS) is 11.5. The molecule has 6 aromatic rings. The van der Waals surface area contributed by atoms with Gasteiger partial charge in [-0.15, -0.1) is 0 Å². The van der Waals surface area contributed by atoms with Crippen molar-refractivity contribution in [2.75, 3.05) is 41.7 Å². The monoisotopic (exact) mass is 964 g/mol. The summed E-state index contributed by atoms with van der Waals surface area (Å²) in [6.45, 7) is 6.94. The van der Waals surface area contributed by atoms with Crippen LogP contribution in [0.2, 0.25) is 0 Å². The van der Waals surface area contributed by atoms with Crippen molar-refractivity contribution >= 4 is 40.3 Å². The molecule has 0 saturated heterocycles. The van der Waals surface area contributed by atoms with Crippen LogP contribution in [0.3, 0.4) is 0 Å². The lowest BCUT2D eigenvalue weighted by atomic mass is 9.83. The Balaban J connectivity index is 1.32. The summed E-state index contributed by atoms with van der Waals surface area (Å²) in [5.41, 5.74) is 0.0703. The fourth-order valence-electron chi connectivity index (χ4n) is 6.84. The molecule has 16 nitrogen and oxygen atoms in total. The Hall–Kier alpha value is -7.54. The quantitative estimate of drug-likeness (QED) is 0.0462. The number of carbonyl (C=O) groups excluding carboxylic acids is 4. The van der Waals surface area contributed by atoms with E-state index in [1.807, 2.05) is 13.8 Å². The van der Waals surface area contributed by atoms with Crippen LogP contribution in [0.15, 0.2) is 109 Å². The molecule has 7 rings (SSSR count). The first-order chi connectivity index (χ1) is 32.9. The van der Waals surface area contributed by atoms with E-state index in [0.29, 0.717) is 47.7 Å². The molecule has 1 aliphatic carbocycles. The van der Waals surface area contributed by atoms with Gasteiger partial charge in [0.2, 0.25) is 5.78 Å². The van der Waals surface area contributed by atoms with Crippen LogP contribution in [0.1, 0.15) is 80.3 Å². The van der Waals surface area contributed by atoms with E-state index in [0.717, 1.165) is 0 Å². The van der Waals surface area contributed by atoms with Crippen molar-refractivity contribution in [3.63, 3.8) is 0 Å². The van der Waals surface area contributed by atoms with Crippen molar-refractivity contribution in [1.29, 1.82) is 0 Å². The number of methoxy groups -OCH3 is 4. The number of ether oxygens (including phenoxy) is 6. The predicted octanol–water partition coefficient (Wildman–Crippen LogP) is 11.2. The number of hydrogen-bond acceptors (Lipinski definition) is 16. The second-order valence-corrected chi connectivity index (χ2v) is 16.3. The standard InChI is InChI=1S/C50H46O16P2/c1-9-59-39-23-19-33(57-7)27-45(39)65-68(66-46-28-34(58-8)20-24-40(46)60-10-2)62-42-16-12-14-38-48(42)50(54)47-37(49(38)53)13-11-15-41(47)61-67(63-43-25-31(55-5)17-21-35(43)29(3)51)64-44-26-32(56-6)18-22-36(44)30(4)52/h11-28H,9-10H2,1-8H3. The van der Waals surface area contributed by atoms with Crippen molar-refractivity contribution in [2.24, 2.45) is 0 Å². The Bertz CT molecular complexity index is 2740. The van der Waals surface area contributed by atoms with Crippen LogP contribution in [0.5, 0.6) is 69.0 Å². The molecule has 0 spiro atoms. The van der Waals surface area contributed by atoms with E-state index in [-0.39, 0.29) is 79.4 Å². The fourth-order valence-corrected chi connectivity index (χ4v) is 8.92. The summed E-state index contributed by atoms with van der Waals surface area (Å²) in [5, 5.41) is 0. The highest BCUT2D eigenvalue weighted by atomic mass is 31.2. The smallest absolute Gasteiger partial charge is 0.497 e. The zero-order chi connectivity index (χ0) is 48.5. The Morgan fingerprint density at radius 1 is 0.412 bits per heavy atom. The molecule has 0 aliphatic heterocycles. The average molecular weight is 965 g/mol. The molecule has 352 valence electrons. The summed E-state index contributed by atoms with van der Waals surface area (Å²) >= 11 is 0. The van der Waals surface area contributed by atoms with Crippen LogP contribution in [-0.2, 0) is 0 Å². The van der Waals surface area contributed by atoms with Gasteiger partial charge in [-0.2, -0.15) is 0 Å². The molecule has 6 aromatic carbocycles. The molecular weight excluding hydrogens is 918 g/mol. The maximum atomic E-state index is 15.1. The second-order valence-electron chi connectivity index (χ2n) is 14.3. The van der Waals surface area contributed by atoms with Crippen molar-refractivity contribution in [1.82, 2.24) is 0 Å². The van der Waals surface area contributed by atoms with E-state index in [1.165, 1.54) is 96.9 Å². The first-order valence-corrected chi connectivity index (χ1v) is 23.1. The van der Waals surface area contributed by atoms with Crippen LogP contribution in [0, 0.1) is 0 Å². The summed E-state index contributed by atoms with van der Waals surface area (Å²) in [4.78, 5) is 55.3. The van der Waals surface area contributed by atoms with E-state index >= 15 is 4.79 Å². The molecule has 0 N–H and O–H groups in total. The van der Waals surface area contributed by atoms with Crippen LogP contribution in [0.4, 0.5) is 0 Å². The number of fused-ring (bicyclic) bond motifs is 2. The third-order valence-corrected chi connectivity index (χ3v) is 12.1. The van der Waals surface area contributed by atoms with Gasteiger partial charge in [0.15, 0.2) is 40.3 Å². The van der Waals surface area contributed by atoms with Crippen molar-refractivity contribution < 1.29 is 74.7 Å². The topological polar surface area (TPSA) is 179 Å². The summed E-state index contributed by atoms with van der Waals surface area (Å²) in [7, 11) is 0.604. The summed E-state index contributed by atoms with van der Waals surface area (Å²) in [5.74, 6) is 0.580. The molecule has 68 heavy (non-hydrogen) atoms. The Morgan fingerprint density at radius 2 is 0.750 bits per heavy atom. The third kappa shape index (κ3) is 10.7. The van der Waals surface area contributed by atoms with Gasteiger partial charge in [0.1, 0.15) is 46.0 Å². The van der Waals surface area contributed by atoms with Crippen LogP contribution < -0.4 is 55.6 Å². The largest absolute Gasteiger partial charge is 0.530 e. The molecule has 0 atom stereocenters. The van der Waals surface area contributed by atoms with Crippen LogP contribution in [-0.4, -0.2) is 64.8 Å². The number of hydrogen-bond donors (Lipinski definition) is 0. The van der Waals surface area contributed by atoms with Gasteiger partial charge in [0, 0.05) is 35.4 Å². The zero-order valence-electron chi connectivity index (χ0n) is 38.2. The predicted molar refractivity (Wildman–Crippen MR) is 252 cm³/mol. The van der Waals surface area contributed by atoms with Gasteiger partial charge >= 0.3 is 17.2 Å². The third-order valence-electron chi connectivity index (χ3n) is 10.1. The number of ketones is 4. The lowest BCUT2D eigenvalue weighted by Crippen LogP contribution is -2.23. The number of carbonyl (C=O) groups is 4. The zero-order valence-corrected chi connectivity index (χ0v) is 40.0. The molecule has 0 aromatic heterocycles. The number of rotatable bonds is 22. The summed E-state index contributed by atoms with van der Waals surface area (Å²) < 4.78 is 72.2. The van der Waals surface area contributed by atoms with Gasteiger partial charge in [-0.25, -0.2) is 0 Å². The molecule has 1 aliphatic rings. The minimum atomic E-state index is -2.71. The van der Waals surface area contributed by atoms with Crippen molar-refractivity contribution in [3.8, 4) is 69.0 Å². The molecule has 0 radical (unpaired) electrons. The first kappa shape index (κ1) is 48.4. The highest BCUT2D eigenvalue weighted by Gasteiger charge is 2.38. The molecular formula is C50H46O16P2. The SMILES string of the molecule is CCOc1ccc(OC)cc1OP(Oc1cc(OC)ccc1OCC)Oc1cccc2c1C(=O)c1c(OP(Oc3cc(OC)ccc3C(C)=O)Oc3cc(OC)ccc3C(C)=O)cccc1C2=O.